The molecular weight excluding hydrogens is 262 g/mol. The Morgan fingerprint density at radius 3 is 2.10 bits per heavy atom. The van der Waals surface area contributed by atoms with Gasteiger partial charge < -0.3 is 14.8 Å². The fourth-order valence-corrected chi connectivity index (χ4v) is 2.21. The van der Waals surface area contributed by atoms with Crippen LogP contribution in [0.25, 0.3) is 0 Å². The van der Waals surface area contributed by atoms with Crippen LogP contribution in [0, 0.1) is 11.3 Å². The zero-order valence-corrected chi connectivity index (χ0v) is 14.4. The molecule has 0 aliphatic rings. The molecule has 0 aliphatic heterocycles. The van der Waals surface area contributed by atoms with Crippen molar-refractivity contribution < 1.29 is 9.47 Å². The van der Waals surface area contributed by atoms with E-state index in [-0.39, 0.29) is 5.41 Å². The van der Waals surface area contributed by atoms with Gasteiger partial charge in [-0.2, -0.15) is 0 Å². The van der Waals surface area contributed by atoms with Gasteiger partial charge >= 0.3 is 0 Å². The lowest BCUT2D eigenvalue weighted by Crippen LogP contribution is -2.36. The fraction of sp³-hybridized carbons (Fsp3) is 0.667. The highest BCUT2D eigenvalue weighted by Gasteiger charge is 2.24. The van der Waals surface area contributed by atoms with E-state index in [0.717, 1.165) is 31.1 Å². The van der Waals surface area contributed by atoms with Crippen LogP contribution in [0.15, 0.2) is 24.3 Å². The molecule has 0 bridgehead atoms. The average Bonchev–Trinajstić information content (AvgIpc) is 2.41. The van der Waals surface area contributed by atoms with Crippen LogP contribution in [0.5, 0.6) is 11.5 Å². The molecule has 0 amide bonds. The Morgan fingerprint density at radius 1 is 1.05 bits per heavy atom. The summed E-state index contributed by atoms with van der Waals surface area (Å²) in [6.45, 7) is 13.1. The van der Waals surface area contributed by atoms with Gasteiger partial charge in [0.05, 0.1) is 13.7 Å². The molecule has 0 aromatic heterocycles. The summed E-state index contributed by atoms with van der Waals surface area (Å²) >= 11 is 0. The number of hydrogen-bond acceptors (Lipinski definition) is 3. The molecule has 120 valence electrons. The standard InChI is InChI=1S/C18H31NO2/c1-14(2)19-13-15(18(3,4)5)11-12-21-17-9-7-16(20-6)8-10-17/h7-10,14-15,19H,11-13H2,1-6H3. The van der Waals surface area contributed by atoms with Crippen LogP contribution in [-0.2, 0) is 0 Å². The summed E-state index contributed by atoms with van der Waals surface area (Å²) in [4.78, 5) is 0. The minimum Gasteiger partial charge on any atom is -0.497 e. The molecule has 0 saturated heterocycles. The average molecular weight is 293 g/mol. The molecule has 0 fully saturated rings. The van der Waals surface area contributed by atoms with E-state index in [4.69, 9.17) is 9.47 Å². The Hall–Kier alpha value is -1.22. The lowest BCUT2D eigenvalue weighted by molar-refractivity contribution is 0.177. The van der Waals surface area contributed by atoms with Crippen LogP contribution in [0.2, 0.25) is 0 Å². The molecule has 3 heteroatoms. The summed E-state index contributed by atoms with van der Waals surface area (Å²) < 4.78 is 11.0. The normalized spacial score (nSPS) is 13.3. The van der Waals surface area contributed by atoms with E-state index >= 15 is 0 Å². The van der Waals surface area contributed by atoms with E-state index in [0.29, 0.717) is 12.0 Å². The summed E-state index contributed by atoms with van der Waals surface area (Å²) in [7, 11) is 1.67. The minimum atomic E-state index is 0.283. The predicted molar refractivity (Wildman–Crippen MR) is 89.2 cm³/mol. The predicted octanol–water partition coefficient (Wildman–Crippen LogP) is 4.12. The van der Waals surface area contributed by atoms with Crippen LogP contribution in [0.4, 0.5) is 0 Å². The Balaban J connectivity index is 2.44. The van der Waals surface area contributed by atoms with Crippen LogP contribution < -0.4 is 14.8 Å². The van der Waals surface area contributed by atoms with Crippen molar-refractivity contribution in [2.24, 2.45) is 11.3 Å². The van der Waals surface area contributed by atoms with Crippen LogP contribution in [0.3, 0.4) is 0 Å². The van der Waals surface area contributed by atoms with E-state index < -0.39 is 0 Å². The maximum Gasteiger partial charge on any atom is 0.119 e. The van der Waals surface area contributed by atoms with E-state index in [1.165, 1.54) is 0 Å². The number of methoxy groups -OCH3 is 1. The van der Waals surface area contributed by atoms with Gasteiger partial charge in [-0.25, -0.2) is 0 Å². The van der Waals surface area contributed by atoms with Gasteiger partial charge in [-0.3, -0.25) is 0 Å². The molecule has 1 unspecified atom stereocenters. The number of rotatable bonds is 8. The molecule has 1 aromatic rings. The van der Waals surface area contributed by atoms with Gasteiger partial charge in [0.2, 0.25) is 0 Å². The van der Waals surface area contributed by atoms with E-state index in [2.05, 4.69) is 39.9 Å². The first kappa shape index (κ1) is 17.8. The zero-order valence-electron chi connectivity index (χ0n) is 14.4. The molecule has 0 radical (unpaired) electrons. The Labute approximate surface area is 130 Å². The van der Waals surface area contributed by atoms with Gasteiger partial charge in [0.15, 0.2) is 0 Å². The van der Waals surface area contributed by atoms with E-state index in [1.807, 2.05) is 24.3 Å². The second-order valence-corrected chi connectivity index (χ2v) is 6.94. The van der Waals surface area contributed by atoms with E-state index in [9.17, 15) is 0 Å². The maximum absolute atomic E-state index is 5.85. The zero-order chi connectivity index (χ0) is 15.9. The van der Waals surface area contributed by atoms with Crippen molar-refractivity contribution in [1.82, 2.24) is 5.32 Å². The largest absolute Gasteiger partial charge is 0.497 e. The van der Waals surface area contributed by atoms with Crippen molar-refractivity contribution in [3.05, 3.63) is 24.3 Å². The molecular formula is C18H31NO2. The highest BCUT2D eigenvalue weighted by molar-refractivity contribution is 5.31. The first-order valence-corrected chi connectivity index (χ1v) is 7.83. The minimum absolute atomic E-state index is 0.283. The number of benzene rings is 1. The van der Waals surface area contributed by atoms with Gasteiger partial charge in [-0.05, 0) is 48.6 Å². The molecule has 1 rings (SSSR count). The van der Waals surface area contributed by atoms with Gasteiger partial charge in [0.1, 0.15) is 11.5 Å². The molecule has 0 heterocycles. The quantitative estimate of drug-likeness (QED) is 0.782. The monoisotopic (exact) mass is 293 g/mol. The van der Waals surface area contributed by atoms with Crippen LogP contribution in [-0.4, -0.2) is 26.3 Å². The molecule has 1 N–H and O–H groups in total. The summed E-state index contributed by atoms with van der Waals surface area (Å²) in [6, 6.07) is 8.29. The highest BCUT2D eigenvalue weighted by Crippen LogP contribution is 2.28. The first-order chi connectivity index (χ1) is 9.82. The third kappa shape index (κ3) is 6.85. The van der Waals surface area contributed by atoms with Gasteiger partial charge in [-0.15, -0.1) is 0 Å². The van der Waals surface area contributed by atoms with Gasteiger partial charge in [0.25, 0.3) is 0 Å². The smallest absolute Gasteiger partial charge is 0.119 e. The Morgan fingerprint density at radius 2 is 1.62 bits per heavy atom. The third-order valence-electron chi connectivity index (χ3n) is 3.79. The summed E-state index contributed by atoms with van der Waals surface area (Å²) in [6.07, 6.45) is 1.05. The lowest BCUT2D eigenvalue weighted by atomic mass is 9.79. The first-order valence-electron chi connectivity index (χ1n) is 7.83. The second kappa shape index (κ2) is 8.28. The van der Waals surface area contributed by atoms with Gasteiger partial charge in [0, 0.05) is 6.04 Å². The summed E-state index contributed by atoms with van der Waals surface area (Å²) in [5.74, 6) is 2.36. The highest BCUT2D eigenvalue weighted by atomic mass is 16.5. The lowest BCUT2D eigenvalue weighted by Gasteiger charge is -2.31. The summed E-state index contributed by atoms with van der Waals surface area (Å²) in [5.41, 5.74) is 0.283. The number of ether oxygens (including phenoxy) is 2. The molecule has 0 spiro atoms. The van der Waals surface area contributed by atoms with Crippen molar-refractivity contribution in [3.8, 4) is 11.5 Å². The molecule has 0 saturated carbocycles. The second-order valence-electron chi connectivity index (χ2n) is 6.94. The van der Waals surface area contributed by atoms with E-state index in [1.54, 1.807) is 7.11 Å². The van der Waals surface area contributed by atoms with Crippen LogP contribution >= 0.6 is 0 Å². The van der Waals surface area contributed by atoms with Crippen molar-refractivity contribution >= 4 is 0 Å². The van der Waals surface area contributed by atoms with Crippen molar-refractivity contribution in [1.29, 1.82) is 0 Å². The Kier molecular flexibility index (Phi) is 7.03. The Bertz CT molecular complexity index is 393. The third-order valence-corrected chi connectivity index (χ3v) is 3.79. The molecule has 3 nitrogen and oxygen atoms in total. The van der Waals surface area contributed by atoms with Crippen molar-refractivity contribution in [2.45, 2.75) is 47.1 Å². The van der Waals surface area contributed by atoms with Gasteiger partial charge in [-0.1, -0.05) is 34.6 Å². The number of hydrogen-bond donors (Lipinski definition) is 1. The number of nitrogens with one attached hydrogen (secondary N) is 1. The summed E-state index contributed by atoms with van der Waals surface area (Å²) in [5, 5.41) is 3.54. The SMILES string of the molecule is COc1ccc(OCCC(CNC(C)C)C(C)(C)C)cc1. The fourth-order valence-electron chi connectivity index (χ4n) is 2.21. The maximum atomic E-state index is 5.85. The topological polar surface area (TPSA) is 30.5 Å². The molecule has 1 aromatic carbocycles. The molecule has 21 heavy (non-hydrogen) atoms. The van der Waals surface area contributed by atoms with Crippen molar-refractivity contribution in [2.75, 3.05) is 20.3 Å². The molecule has 1 atom stereocenters. The van der Waals surface area contributed by atoms with Crippen molar-refractivity contribution in [3.63, 3.8) is 0 Å². The van der Waals surface area contributed by atoms with Crippen LogP contribution in [0.1, 0.15) is 41.0 Å². The molecule has 0 aliphatic carbocycles.